The Bertz CT molecular complexity index is 707. The van der Waals surface area contributed by atoms with Crippen LogP contribution in [0.25, 0.3) is 5.65 Å². The van der Waals surface area contributed by atoms with Crippen LogP contribution >= 0.6 is 15.9 Å². The normalized spacial score (nSPS) is 10.8. The van der Waals surface area contributed by atoms with Gasteiger partial charge in [-0.15, -0.1) is 0 Å². The molecule has 0 aliphatic carbocycles. The third-order valence-corrected chi connectivity index (χ3v) is 3.16. The lowest BCUT2D eigenvalue weighted by Gasteiger charge is -2.03. The predicted octanol–water partition coefficient (Wildman–Crippen LogP) is 3.38. The molecule has 4 nitrogen and oxygen atoms in total. The quantitative estimate of drug-likeness (QED) is 0.805. The number of nitrogens with zero attached hydrogens (tertiary/aromatic N) is 2. The third kappa shape index (κ3) is 2.71. The molecule has 2 aromatic heterocycles. The molecule has 0 bridgehead atoms. The molecule has 0 radical (unpaired) electrons. The molecule has 0 saturated carbocycles. The summed E-state index contributed by atoms with van der Waals surface area (Å²) in [5, 5.41) is 9.19. The minimum atomic E-state index is 0.227. The van der Waals surface area contributed by atoms with Gasteiger partial charge in [0.05, 0.1) is 5.69 Å². The second-order valence-electron chi connectivity index (χ2n) is 4.13. The predicted molar refractivity (Wildman–Crippen MR) is 75.3 cm³/mol. The molecule has 0 atom stereocenters. The van der Waals surface area contributed by atoms with E-state index in [-0.39, 0.29) is 5.75 Å². The minimum absolute atomic E-state index is 0.227. The molecule has 0 unspecified atom stereocenters. The second kappa shape index (κ2) is 4.93. The Labute approximate surface area is 118 Å². The van der Waals surface area contributed by atoms with Crippen molar-refractivity contribution in [2.45, 2.75) is 6.61 Å². The van der Waals surface area contributed by atoms with Crippen LogP contribution < -0.4 is 4.74 Å². The van der Waals surface area contributed by atoms with Crippen LogP contribution in [0.1, 0.15) is 5.69 Å². The summed E-state index contributed by atoms with van der Waals surface area (Å²) in [7, 11) is 0. The van der Waals surface area contributed by atoms with E-state index in [0.29, 0.717) is 12.4 Å². The van der Waals surface area contributed by atoms with Crippen LogP contribution in [-0.4, -0.2) is 14.5 Å². The Morgan fingerprint density at radius 2 is 1.89 bits per heavy atom. The van der Waals surface area contributed by atoms with Crippen molar-refractivity contribution in [2.75, 3.05) is 0 Å². The number of phenolic OH excluding ortho intramolecular Hbond substituents is 1. The van der Waals surface area contributed by atoms with Gasteiger partial charge < -0.3 is 14.2 Å². The maximum absolute atomic E-state index is 9.19. The van der Waals surface area contributed by atoms with Crippen LogP contribution in [0, 0.1) is 0 Å². The van der Waals surface area contributed by atoms with E-state index in [1.54, 1.807) is 24.3 Å². The third-order valence-electron chi connectivity index (χ3n) is 2.69. The first kappa shape index (κ1) is 12.0. The molecule has 0 aliphatic rings. The molecule has 5 heteroatoms. The van der Waals surface area contributed by atoms with E-state index in [9.17, 15) is 5.11 Å². The van der Waals surface area contributed by atoms with Crippen molar-refractivity contribution in [2.24, 2.45) is 0 Å². The smallest absolute Gasteiger partial charge is 0.137 e. The molecule has 1 aromatic carbocycles. The number of aromatic hydroxyl groups is 1. The van der Waals surface area contributed by atoms with Gasteiger partial charge in [0.2, 0.25) is 0 Å². The molecule has 0 saturated heterocycles. The van der Waals surface area contributed by atoms with Gasteiger partial charge in [-0.2, -0.15) is 0 Å². The van der Waals surface area contributed by atoms with Gasteiger partial charge in [-0.25, -0.2) is 4.98 Å². The number of ether oxygens (including phenoxy) is 1. The van der Waals surface area contributed by atoms with E-state index in [4.69, 9.17) is 4.74 Å². The summed E-state index contributed by atoms with van der Waals surface area (Å²) in [5.74, 6) is 0.931. The number of halogens is 1. The summed E-state index contributed by atoms with van der Waals surface area (Å²) < 4.78 is 8.56. The van der Waals surface area contributed by atoms with Gasteiger partial charge in [0.1, 0.15) is 23.8 Å². The van der Waals surface area contributed by atoms with E-state index in [1.807, 2.05) is 28.9 Å². The molecule has 3 rings (SSSR count). The molecule has 0 spiro atoms. The molecule has 0 fully saturated rings. The molecule has 3 aromatic rings. The highest BCUT2D eigenvalue weighted by atomic mass is 79.9. The lowest BCUT2D eigenvalue weighted by Crippen LogP contribution is -1.95. The summed E-state index contributed by atoms with van der Waals surface area (Å²) in [6, 6.07) is 10.5. The number of hydrogen-bond donors (Lipinski definition) is 1. The summed E-state index contributed by atoms with van der Waals surface area (Å²) in [4.78, 5) is 4.45. The highest BCUT2D eigenvalue weighted by Crippen LogP contribution is 2.18. The first-order valence-corrected chi connectivity index (χ1v) is 6.55. The summed E-state index contributed by atoms with van der Waals surface area (Å²) in [5.41, 5.74) is 1.73. The van der Waals surface area contributed by atoms with E-state index in [0.717, 1.165) is 15.8 Å². The van der Waals surface area contributed by atoms with E-state index < -0.39 is 0 Å². The summed E-state index contributed by atoms with van der Waals surface area (Å²) in [6.07, 6.45) is 3.88. The molecule has 0 amide bonds. The molecule has 1 N–H and O–H groups in total. The zero-order valence-electron chi connectivity index (χ0n) is 9.95. The first-order valence-electron chi connectivity index (χ1n) is 5.76. The number of phenols is 1. The monoisotopic (exact) mass is 318 g/mol. The first-order chi connectivity index (χ1) is 9.20. The van der Waals surface area contributed by atoms with Crippen LogP contribution in [0.4, 0.5) is 0 Å². The fourth-order valence-electron chi connectivity index (χ4n) is 1.79. The zero-order valence-corrected chi connectivity index (χ0v) is 11.5. The Kier molecular flexibility index (Phi) is 3.13. The molecule has 0 aliphatic heterocycles. The van der Waals surface area contributed by atoms with Crippen molar-refractivity contribution in [3.63, 3.8) is 0 Å². The zero-order chi connectivity index (χ0) is 13.2. The molecular weight excluding hydrogens is 308 g/mol. The van der Waals surface area contributed by atoms with Crippen molar-refractivity contribution in [3.8, 4) is 11.5 Å². The fraction of sp³-hybridized carbons (Fsp3) is 0.0714. The average molecular weight is 319 g/mol. The second-order valence-corrected chi connectivity index (χ2v) is 5.04. The largest absolute Gasteiger partial charge is 0.508 e. The topological polar surface area (TPSA) is 46.8 Å². The van der Waals surface area contributed by atoms with Crippen molar-refractivity contribution in [1.29, 1.82) is 0 Å². The van der Waals surface area contributed by atoms with E-state index in [1.165, 1.54) is 0 Å². The number of hydrogen-bond acceptors (Lipinski definition) is 3. The maximum Gasteiger partial charge on any atom is 0.137 e. The number of imidazole rings is 1. The molecular formula is C14H11BrN2O2. The van der Waals surface area contributed by atoms with Crippen molar-refractivity contribution in [1.82, 2.24) is 9.38 Å². The summed E-state index contributed by atoms with van der Waals surface area (Å²) in [6.45, 7) is 0.393. The van der Waals surface area contributed by atoms with Crippen molar-refractivity contribution < 1.29 is 9.84 Å². The van der Waals surface area contributed by atoms with Gasteiger partial charge in [0.25, 0.3) is 0 Å². The van der Waals surface area contributed by atoms with Crippen LogP contribution in [0.3, 0.4) is 0 Å². The highest BCUT2D eigenvalue weighted by molar-refractivity contribution is 9.10. The Morgan fingerprint density at radius 3 is 2.68 bits per heavy atom. The number of fused-ring (bicyclic) bond motifs is 1. The van der Waals surface area contributed by atoms with Gasteiger partial charge in [0.15, 0.2) is 0 Å². The maximum atomic E-state index is 9.19. The number of benzene rings is 1. The van der Waals surface area contributed by atoms with Gasteiger partial charge in [-0.1, -0.05) is 0 Å². The minimum Gasteiger partial charge on any atom is -0.508 e. The van der Waals surface area contributed by atoms with Gasteiger partial charge in [-0.05, 0) is 52.3 Å². The Morgan fingerprint density at radius 1 is 1.11 bits per heavy atom. The Hall–Kier alpha value is -2.01. The van der Waals surface area contributed by atoms with E-state index >= 15 is 0 Å². The average Bonchev–Trinajstić information content (AvgIpc) is 2.80. The molecule has 19 heavy (non-hydrogen) atoms. The number of pyridine rings is 1. The number of rotatable bonds is 3. The lowest BCUT2D eigenvalue weighted by atomic mass is 10.3. The highest BCUT2D eigenvalue weighted by Gasteiger charge is 2.03. The SMILES string of the molecule is Oc1ccc(OCc2cn3cc(Br)ccc3n2)cc1. The molecule has 96 valence electrons. The van der Waals surface area contributed by atoms with Crippen LogP contribution in [-0.2, 0) is 6.61 Å². The van der Waals surface area contributed by atoms with Crippen LogP contribution in [0.2, 0.25) is 0 Å². The number of aromatic nitrogens is 2. The Balaban J connectivity index is 1.76. The fourth-order valence-corrected chi connectivity index (χ4v) is 2.14. The van der Waals surface area contributed by atoms with Gasteiger partial charge in [-0.3, -0.25) is 0 Å². The lowest BCUT2D eigenvalue weighted by molar-refractivity contribution is 0.301. The standard InChI is InChI=1S/C14H11BrN2O2/c15-10-1-6-14-16-11(8-17(14)7-10)9-19-13-4-2-12(18)3-5-13/h1-8,18H,9H2. The summed E-state index contributed by atoms with van der Waals surface area (Å²) >= 11 is 3.42. The van der Waals surface area contributed by atoms with Crippen LogP contribution in [0.15, 0.2) is 53.3 Å². The molecule has 2 heterocycles. The van der Waals surface area contributed by atoms with Crippen molar-refractivity contribution >= 4 is 21.6 Å². The van der Waals surface area contributed by atoms with Crippen LogP contribution in [0.5, 0.6) is 11.5 Å². The van der Waals surface area contributed by atoms with E-state index in [2.05, 4.69) is 20.9 Å². The van der Waals surface area contributed by atoms with Gasteiger partial charge in [0, 0.05) is 16.9 Å². The van der Waals surface area contributed by atoms with Gasteiger partial charge >= 0.3 is 0 Å². The van der Waals surface area contributed by atoms with Crippen molar-refractivity contribution in [3.05, 3.63) is 59.0 Å².